The smallest absolute Gasteiger partial charge is 0.444 e. The van der Waals surface area contributed by atoms with E-state index in [9.17, 15) is 19.5 Å². The Balaban J connectivity index is 2.13. The van der Waals surface area contributed by atoms with Crippen LogP contribution in [0.4, 0.5) is 16.2 Å². The number of rotatable bonds is 8. The van der Waals surface area contributed by atoms with Gasteiger partial charge in [0.2, 0.25) is 0 Å². The second-order valence-electron chi connectivity index (χ2n) is 5.50. The van der Waals surface area contributed by atoms with Crippen LogP contribution >= 0.6 is 20.0 Å². The number of hydrogen-bond acceptors (Lipinski definition) is 9. The highest BCUT2D eigenvalue weighted by Crippen LogP contribution is 2.40. The summed E-state index contributed by atoms with van der Waals surface area (Å²) < 4.78 is 20.6. The van der Waals surface area contributed by atoms with E-state index in [1.807, 2.05) is 0 Å². The molecule has 0 aliphatic rings. The van der Waals surface area contributed by atoms with Crippen LogP contribution < -0.4 is 21.0 Å². The van der Waals surface area contributed by atoms with Crippen LogP contribution in [0.2, 0.25) is 0 Å². The van der Waals surface area contributed by atoms with E-state index in [-0.39, 0.29) is 27.8 Å². The summed E-state index contributed by atoms with van der Waals surface area (Å²) in [4.78, 5) is 44.3. The van der Waals surface area contributed by atoms with Gasteiger partial charge in [0.05, 0.1) is 16.8 Å². The maximum absolute atomic E-state index is 12.1. The lowest BCUT2D eigenvalue weighted by Gasteiger charge is -2.13. The number of nitrogens with one attached hydrogen (secondary N) is 2. The van der Waals surface area contributed by atoms with E-state index in [4.69, 9.17) is 20.3 Å². The van der Waals surface area contributed by atoms with Crippen LogP contribution in [-0.4, -0.2) is 37.1 Å². The number of carbonyl (C=O) groups excluding carboxylic acids is 1. The molecule has 0 saturated carbocycles. The molecule has 0 aliphatic carbocycles. The first-order valence-electron chi connectivity index (χ1n) is 8.05. The van der Waals surface area contributed by atoms with Crippen LogP contribution in [0.3, 0.4) is 0 Å². The minimum atomic E-state index is -4.95. The van der Waals surface area contributed by atoms with E-state index in [1.54, 1.807) is 0 Å². The molecule has 2 rings (SSSR count). The molecule has 0 fully saturated rings. The molecular weight excluding hydrogens is 455 g/mol. The first-order chi connectivity index (χ1) is 14.5. The Labute approximate surface area is 179 Å². The average molecular weight is 470 g/mol. The molecule has 16 heteroatoms. The first-order valence-corrected chi connectivity index (χ1v) is 9.99. The summed E-state index contributed by atoms with van der Waals surface area (Å²) in [5.41, 5.74) is 7.46. The molecule has 31 heavy (non-hydrogen) atoms. The minimum absolute atomic E-state index is 0.0774. The van der Waals surface area contributed by atoms with E-state index in [0.717, 1.165) is 18.2 Å². The van der Waals surface area contributed by atoms with E-state index in [0.29, 0.717) is 0 Å². The highest BCUT2D eigenvalue weighted by Gasteiger charge is 2.21. The van der Waals surface area contributed by atoms with Crippen LogP contribution in [0.1, 0.15) is 11.3 Å². The molecule has 0 radical (unpaired) electrons. The number of benzene rings is 1. The third-order valence-corrected chi connectivity index (χ3v) is 3.79. The third-order valence-electron chi connectivity index (χ3n) is 3.27. The number of nitro benzene ring substituents is 1. The fourth-order valence-corrected chi connectivity index (χ4v) is 2.57. The van der Waals surface area contributed by atoms with Gasteiger partial charge in [-0.2, -0.15) is 5.10 Å². The summed E-state index contributed by atoms with van der Waals surface area (Å²) in [6.07, 6.45) is 1.69. The van der Waals surface area contributed by atoms with Crippen LogP contribution in [-0.2, 0) is 15.9 Å². The van der Waals surface area contributed by atoms with Crippen molar-refractivity contribution in [3.05, 3.63) is 57.9 Å². The Kier molecular flexibility index (Phi) is 7.93. The van der Waals surface area contributed by atoms with Crippen molar-refractivity contribution >= 4 is 48.8 Å². The number of amides is 1. The number of pyridine rings is 1. The molecule has 14 nitrogen and oxygen atoms in total. The molecule has 0 bridgehead atoms. The highest BCUT2D eigenvalue weighted by atomic mass is 32.1. The van der Waals surface area contributed by atoms with Gasteiger partial charge in [0.25, 0.3) is 5.69 Å². The number of carbonyl (C=O) groups is 1. The van der Waals surface area contributed by atoms with Crippen molar-refractivity contribution < 1.29 is 33.3 Å². The zero-order valence-electron chi connectivity index (χ0n) is 15.4. The lowest BCUT2D eigenvalue weighted by atomic mass is 10.2. The number of thiocarbonyl (C=S) groups is 1. The maximum Gasteiger partial charge on any atom is 0.524 e. The van der Waals surface area contributed by atoms with E-state index in [1.165, 1.54) is 24.5 Å². The van der Waals surface area contributed by atoms with Crippen LogP contribution in [0.25, 0.3) is 0 Å². The average Bonchev–Trinajstić information content (AvgIpc) is 2.67. The largest absolute Gasteiger partial charge is 0.524 e. The number of nitrogens with two attached hydrogens (primary N) is 1. The van der Waals surface area contributed by atoms with Crippen molar-refractivity contribution in [2.75, 3.05) is 5.32 Å². The molecule has 0 aliphatic heterocycles. The van der Waals surface area contributed by atoms with Gasteiger partial charge in [0.1, 0.15) is 18.1 Å². The fourth-order valence-electron chi connectivity index (χ4n) is 2.08. The van der Waals surface area contributed by atoms with E-state index >= 15 is 0 Å². The standard InChI is InChI=1S/C15H15N6O8PS/c16-14(31)20-18-7-12-11(2-1-5-17-12)19-15(22)28-8-9-6-10(21(23)24)3-4-13(9)29-30(25,26)27/h1-7H,8H2,(H,19,22)(H3,16,20,31)(H2,25,26,27)/b18-7+. The molecule has 1 amide bonds. The molecule has 0 saturated heterocycles. The highest BCUT2D eigenvalue weighted by molar-refractivity contribution is 7.80. The van der Waals surface area contributed by atoms with Gasteiger partial charge in [-0.3, -0.25) is 35.6 Å². The number of nitrogens with zero attached hydrogens (tertiary/aromatic N) is 3. The van der Waals surface area contributed by atoms with Crippen molar-refractivity contribution in [2.24, 2.45) is 10.8 Å². The summed E-state index contributed by atoms with van der Waals surface area (Å²) in [7, 11) is -4.95. The molecular formula is C15H15N6O8PS. The second kappa shape index (κ2) is 10.4. The van der Waals surface area contributed by atoms with Crippen molar-refractivity contribution in [3.8, 4) is 5.75 Å². The summed E-state index contributed by atoms with van der Waals surface area (Å²) in [5.74, 6) is -0.384. The predicted molar refractivity (Wildman–Crippen MR) is 111 cm³/mol. The molecule has 1 aromatic heterocycles. The van der Waals surface area contributed by atoms with Crippen molar-refractivity contribution in [1.82, 2.24) is 10.4 Å². The normalized spacial score (nSPS) is 11.0. The lowest BCUT2D eigenvalue weighted by Crippen LogP contribution is -2.24. The topological polar surface area (TPSA) is 212 Å². The quantitative estimate of drug-likeness (QED) is 0.122. The minimum Gasteiger partial charge on any atom is -0.444 e. The van der Waals surface area contributed by atoms with Crippen molar-refractivity contribution in [2.45, 2.75) is 6.61 Å². The monoisotopic (exact) mass is 470 g/mol. The van der Waals surface area contributed by atoms with Gasteiger partial charge in [-0.05, 0) is 30.4 Å². The number of non-ortho nitro benzene ring substituents is 1. The van der Waals surface area contributed by atoms with Gasteiger partial charge in [-0.25, -0.2) is 9.36 Å². The van der Waals surface area contributed by atoms with Gasteiger partial charge in [0, 0.05) is 23.9 Å². The molecule has 6 N–H and O–H groups in total. The first kappa shape index (κ1) is 23.6. The SMILES string of the molecule is NC(=S)N/N=C/c1ncccc1NC(=O)OCc1cc([N+](=O)[O-])ccc1OP(=O)(O)O. The summed E-state index contributed by atoms with van der Waals surface area (Å²) >= 11 is 4.60. The molecule has 0 atom stereocenters. The molecule has 1 aromatic carbocycles. The Hall–Kier alpha value is -3.65. The zero-order valence-corrected chi connectivity index (χ0v) is 17.1. The number of hydrogen-bond donors (Lipinski definition) is 5. The molecule has 2 aromatic rings. The van der Waals surface area contributed by atoms with Crippen molar-refractivity contribution in [1.29, 1.82) is 0 Å². The predicted octanol–water partition coefficient (Wildman–Crippen LogP) is 1.38. The second-order valence-corrected chi connectivity index (χ2v) is 7.11. The van der Waals surface area contributed by atoms with Crippen LogP contribution in [0, 0.1) is 10.1 Å². The number of aromatic nitrogens is 1. The Bertz CT molecular complexity index is 1080. The summed E-state index contributed by atoms with van der Waals surface area (Å²) in [5, 5.41) is 17.0. The number of anilines is 1. The summed E-state index contributed by atoms with van der Waals surface area (Å²) in [6, 6.07) is 5.95. The number of phosphoric ester groups is 1. The zero-order chi connectivity index (χ0) is 23.0. The molecule has 164 valence electrons. The van der Waals surface area contributed by atoms with E-state index in [2.05, 4.69) is 37.6 Å². The van der Waals surface area contributed by atoms with Crippen molar-refractivity contribution in [3.63, 3.8) is 0 Å². The van der Waals surface area contributed by atoms with Gasteiger partial charge in [-0.1, -0.05) is 0 Å². The van der Waals surface area contributed by atoms with Gasteiger partial charge in [0.15, 0.2) is 5.11 Å². The lowest BCUT2D eigenvalue weighted by molar-refractivity contribution is -0.385. The van der Waals surface area contributed by atoms with Crippen LogP contribution in [0.15, 0.2) is 41.6 Å². The van der Waals surface area contributed by atoms with Gasteiger partial charge >= 0.3 is 13.9 Å². The van der Waals surface area contributed by atoms with Gasteiger partial charge < -0.3 is 15.0 Å². The fraction of sp³-hybridized carbons (Fsp3) is 0.0667. The summed E-state index contributed by atoms with van der Waals surface area (Å²) in [6.45, 7) is -0.588. The van der Waals surface area contributed by atoms with E-state index < -0.39 is 31.1 Å². The Morgan fingerprint density at radius 1 is 1.42 bits per heavy atom. The third kappa shape index (κ3) is 7.94. The molecule has 0 spiro atoms. The molecule has 1 heterocycles. The Morgan fingerprint density at radius 3 is 2.81 bits per heavy atom. The number of nitro groups is 1. The number of hydrazone groups is 1. The molecule has 0 unspecified atom stereocenters. The van der Waals surface area contributed by atoms with Crippen LogP contribution in [0.5, 0.6) is 5.75 Å². The maximum atomic E-state index is 12.1. The number of phosphoric acid groups is 1. The number of ether oxygens (including phenoxy) is 1. The Morgan fingerprint density at radius 2 is 2.16 bits per heavy atom. The van der Waals surface area contributed by atoms with Gasteiger partial charge in [-0.15, -0.1) is 0 Å².